The predicted molar refractivity (Wildman–Crippen MR) is 65.6 cm³/mol. The van der Waals surface area contributed by atoms with Crippen molar-refractivity contribution in [2.75, 3.05) is 6.54 Å². The Kier molecular flexibility index (Phi) is 7.87. The van der Waals surface area contributed by atoms with Gasteiger partial charge in [0.15, 0.2) is 0 Å². The molecule has 0 spiro atoms. The van der Waals surface area contributed by atoms with Crippen molar-refractivity contribution < 1.29 is 0 Å². The molecule has 0 saturated heterocycles. The van der Waals surface area contributed by atoms with Crippen molar-refractivity contribution in [3.8, 4) is 0 Å². The minimum absolute atomic E-state index is 0.589. The van der Waals surface area contributed by atoms with E-state index in [1.807, 2.05) is 0 Å². The quantitative estimate of drug-likeness (QED) is 0.613. The maximum atomic E-state index is 3.48. The van der Waals surface area contributed by atoms with Crippen LogP contribution in [0.2, 0.25) is 0 Å². The van der Waals surface area contributed by atoms with E-state index in [2.05, 4.69) is 46.0 Å². The van der Waals surface area contributed by atoms with E-state index in [9.17, 15) is 0 Å². The number of nitrogens with one attached hydrogen (secondary N) is 1. The lowest BCUT2D eigenvalue weighted by atomic mass is 9.99. The van der Waals surface area contributed by atoms with Crippen LogP contribution in [0.3, 0.4) is 0 Å². The minimum Gasteiger partial charge on any atom is -0.311 e. The van der Waals surface area contributed by atoms with E-state index >= 15 is 0 Å². The minimum atomic E-state index is 0.589. The number of allylic oxidation sites excluding steroid dienone is 1. The monoisotopic (exact) mass is 197 g/mol. The van der Waals surface area contributed by atoms with Crippen LogP contribution >= 0.6 is 0 Å². The van der Waals surface area contributed by atoms with Crippen molar-refractivity contribution in [1.82, 2.24) is 5.32 Å². The summed E-state index contributed by atoms with van der Waals surface area (Å²) in [6.07, 6.45) is 6.18. The highest BCUT2D eigenvalue weighted by molar-refractivity contribution is 5.05. The predicted octanol–water partition coefficient (Wildman–Crippen LogP) is 3.76. The van der Waals surface area contributed by atoms with Crippen molar-refractivity contribution >= 4 is 0 Å². The van der Waals surface area contributed by atoms with E-state index in [4.69, 9.17) is 0 Å². The lowest BCUT2D eigenvalue weighted by Crippen LogP contribution is -2.25. The van der Waals surface area contributed by atoms with Gasteiger partial charge >= 0.3 is 0 Å². The summed E-state index contributed by atoms with van der Waals surface area (Å²) in [5.41, 5.74) is 1.56. The van der Waals surface area contributed by atoms with Crippen LogP contribution in [0.15, 0.2) is 11.6 Å². The molecule has 0 rings (SSSR count). The summed E-state index contributed by atoms with van der Waals surface area (Å²) in [7, 11) is 0. The molecular formula is C13H27N. The average molecular weight is 197 g/mol. The molecule has 0 fully saturated rings. The molecule has 0 aromatic heterocycles. The maximum absolute atomic E-state index is 3.48. The molecule has 0 aliphatic heterocycles. The van der Waals surface area contributed by atoms with Crippen LogP contribution in [0.25, 0.3) is 0 Å². The molecule has 0 bridgehead atoms. The lowest BCUT2D eigenvalue weighted by Gasteiger charge is -2.13. The summed E-state index contributed by atoms with van der Waals surface area (Å²) in [5.74, 6) is 0.777. The third kappa shape index (κ3) is 6.20. The van der Waals surface area contributed by atoms with E-state index in [0.717, 1.165) is 12.5 Å². The summed E-state index contributed by atoms with van der Waals surface area (Å²) < 4.78 is 0. The van der Waals surface area contributed by atoms with E-state index in [-0.39, 0.29) is 0 Å². The fourth-order valence-electron chi connectivity index (χ4n) is 1.49. The molecular weight excluding hydrogens is 170 g/mol. The van der Waals surface area contributed by atoms with Gasteiger partial charge in [-0.25, -0.2) is 0 Å². The van der Waals surface area contributed by atoms with Gasteiger partial charge in [0.05, 0.1) is 0 Å². The standard InChI is InChI=1S/C13H27N/c1-6-12(7-2)9-13(8-3)10-14-11(4)5/h9,11-12,14H,6-8,10H2,1-5H3. The van der Waals surface area contributed by atoms with E-state index in [1.165, 1.54) is 19.3 Å². The number of hydrogen-bond donors (Lipinski definition) is 1. The Labute approximate surface area is 90.0 Å². The highest BCUT2D eigenvalue weighted by Gasteiger charge is 2.02. The first-order chi connectivity index (χ1) is 6.63. The van der Waals surface area contributed by atoms with Crippen LogP contribution in [0.5, 0.6) is 0 Å². The smallest absolute Gasteiger partial charge is 0.0166 e. The fourth-order valence-corrected chi connectivity index (χ4v) is 1.49. The third-order valence-corrected chi connectivity index (χ3v) is 2.71. The summed E-state index contributed by atoms with van der Waals surface area (Å²) in [4.78, 5) is 0. The van der Waals surface area contributed by atoms with Crippen LogP contribution in [0.1, 0.15) is 53.9 Å². The Morgan fingerprint density at radius 3 is 2.07 bits per heavy atom. The fraction of sp³-hybridized carbons (Fsp3) is 0.846. The SMILES string of the molecule is CCC(=CC(CC)CC)CNC(C)C. The lowest BCUT2D eigenvalue weighted by molar-refractivity contribution is 0.581. The third-order valence-electron chi connectivity index (χ3n) is 2.71. The van der Waals surface area contributed by atoms with Crippen LogP contribution in [0.4, 0.5) is 0 Å². The highest BCUT2D eigenvalue weighted by Crippen LogP contribution is 2.13. The van der Waals surface area contributed by atoms with Crippen molar-refractivity contribution in [2.45, 2.75) is 59.9 Å². The normalized spacial score (nSPS) is 12.9. The first kappa shape index (κ1) is 13.7. The van der Waals surface area contributed by atoms with Gasteiger partial charge in [-0.15, -0.1) is 0 Å². The Bertz CT molecular complexity index is 155. The van der Waals surface area contributed by atoms with Crippen LogP contribution in [-0.4, -0.2) is 12.6 Å². The van der Waals surface area contributed by atoms with E-state index < -0.39 is 0 Å². The first-order valence-electron chi connectivity index (χ1n) is 6.06. The highest BCUT2D eigenvalue weighted by atomic mass is 14.9. The number of rotatable bonds is 7. The van der Waals surface area contributed by atoms with Gasteiger partial charge in [-0.2, -0.15) is 0 Å². The summed E-state index contributed by atoms with van der Waals surface area (Å²) in [6, 6.07) is 0.589. The molecule has 1 nitrogen and oxygen atoms in total. The second-order valence-electron chi connectivity index (χ2n) is 4.29. The zero-order chi connectivity index (χ0) is 11.0. The van der Waals surface area contributed by atoms with Crippen molar-refractivity contribution in [1.29, 1.82) is 0 Å². The molecule has 0 saturated carbocycles. The zero-order valence-electron chi connectivity index (χ0n) is 10.6. The van der Waals surface area contributed by atoms with Gasteiger partial charge in [0.1, 0.15) is 0 Å². The Morgan fingerprint density at radius 1 is 1.14 bits per heavy atom. The molecule has 0 aromatic carbocycles. The molecule has 1 heteroatoms. The van der Waals surface area contributed by atoms with Crippen LogP contribution in [-0.2, 0) is 0 Å². The van der Waals surface area contributed by atoms with Crippen molar-refractivity contribution in [3.05, 3.63) is 11.6 Å². The Hall–Kier alpha value is -0.300. The Morgan fingerprint density at radius 2 is 1.71 bits per heavy atom. The van der Waals surface area contributed by atoms with E-state index in [1.54, 1.807) is 5.57 Å². The van der Waals surface area contributed by atoms with Gasteiger partial charge < -0.3 is 5.32 Å². The summed E-state index contributed by atoms with van der Waals surface area (Å²) >= 11 is 0. The van der Waals surface area contributed by atoms with Gasteiger partial charge in [-0.1, -0.05) is 46.3 Å². The first-order valence-corrected chi connectivity index (χ1v) is 6.06. The number of hydrogen-bond acceptors (Lipinski definition) is 1. The van der Waals surface area contributed by atoms with Gasteiger partial charge in [0, 0.05) is 12.6 Å². The van der Waals surface area contributed by atoms with Crippen molar-refractivity contribution in [2.24, 2.45) is 5.92 Å². The largest absolute Gasteiger partial charge is 0.311 e. The molecule has 0 radical (unpaired) electrons. The molecule has 0 unspecified atom stereocenters. The molecule has 0 heterocycles. The molecule has 0 aromatic rings. The molecule has 1 N–H and O–H groups in total. The van der Waals surface area contributed by atoms with Gasteiger partial charge in [0.2, 0.25) is 0 Å². The van der Waals surface area contributed by atoms with Gasteiger partial charge in [-0.05, 0) is 25.2 Å². The molecule has 14 heavy (non-hydrogen) atoms. The van der Waals surface area contributed by atoms with Crippen LogP contribution in [0, 0.1) is 5.92 Å². The van der Waals surface area contributed by atoms with Crippen LogP contribution < -0.4 is 5.32 Å². The maximum Gasteiger partial charge on any atom is 0.0166 e. The zero-order valence-corrected chi connectivity index (χ0v) is 10.6. The van der Waals surface area contributed by atoms with E-state index in [0.29, 0.717) is 6.04 Å². The second-order valence-corrected chi connectivity index (χ2v) is 4.29. The topological polar surface area (TPSA) is 12.0 Å². The summed E-state index contributed by atoms with van der Waals surface area (Å²) in [5, 5.41) is 3.48. The van der Waals surface area contributed by atoms with Gasteiger partial charge in [-0.3, -0.25) is 0 Å². The molecule has 0 aliphatic rings. The molecule has 84 valence electrons. The molecule has 0 amide bonds. The molecule has 0 atom stereocenters. The average Bonchev–Trinajstić information content (AvgIpc) is 2.18. The van der Waals surface area contributed by atoms with Gasteiger partial charge in [0.25, 0.3) is 0 Å². The van der Waals surface area contributed by atoms with Crippen molar-refractivity contribution in [3.63, 3.8) is 0 Å². The molecule has 0 aliphatic carbocycles. The Balaban J connectivity index is 4.09. The summed E-state index contributed by atoms with van der Waals surface area (Å²) in [6.45, 7) is 12.2. The second kappa shape index (κ2) is 8.05.